The lowest BCUT2D eigenvalue weighted by Crippen LogP contribution is -2.18. The highest BCUT2D eigenvalue weighted by atomic mass is 32.2. The van der Waals surface area contributed by atoms with E-state index in [9.17, 15) is 0 Å². The van der Waals surface area contributed by atoms with Crippen molar-refractivity contribution in [2.75, 3.05) is 0 Å². The van der Waals surface area contributed by atoms with Crippen LogP contribution < -0.4 is 30.3 Å². The fraction of sp³-hybridized carbons (Fsp3) is 0.143. The molecule has 0 N–H and O–H groups in total. The number of benzene rings is 8. The molecule has 0 aliphatic heterocycles. The first-order valence-corrected chi connectivity index (χ1v) is 25.9. The number of hydrogen-bond donors (Lipinski definition) is 0. The average molecular weight is 879 g/mol. The van der Waals surface area contributed by atoms with Crippen molar-refractivity contribution >= 4 is 61.0 Å². The molecule has 8 aromatic carbocycles. The second-order valence-corrected chi connectivity index (χ2v) is 21.6. The van der Waals surface area contributed by atoms with Crippen molar-refractivity contribution in [3.63, 3.8) is 0 Å². The van der Waals surface area contributed by atoms with Crippen molar-refractivity contribution in [1.29, 1.82) is 0 Å². The molecule has 0 unspecified atom stereocenters. The molecule has 0 saturated carbocycles. The molecule has 0 heterocycles. The van der Waals surface area contributed by atoms with Crippen LogP contribution >= 0.6 is 39.8 Å². The quantitative estimate of drug-likeness (QED) is 0.107. The number of hydrogen-bond acceptors (Lipinski definition) is 4. The molecule has 0 saturated heterocycles. The molecule has 0 amide bonds. The van der Waals surface area contributed by atoms with Crippen LogP contribution in [0.2, 0.25) is 0 Å². The normalized spacial score (nSPS) is 13.4. The van der Waals surface area contributed by atoms with Gasteiger partial charge in [0.15, 0.2) is 16.3 Å². The minimum atomic E-state index is -1.25. The topological polar surface area (TPSA) is 18.5 Å². The highest BCUT2D eigenvalue weighted by molar-refractivity contribution is 7.99. The number of aryl methyl sites for hydroxylation is 2. The Kier molecular flexibility index (Phi) is 12.9. The summed E-state index contributed by atoms with van der Waals surface area (Å²) in [6.07, 6.45) is 8.76. The van der Waals surface area contributed by atoms with Gasteiger partial charge in [0.05, 0.1) is 9.79 Å². The van der Waals surface area contributed by atoms with E-state index < -0.39 is 16.3 Å². The van der Waals surface area contributed by atoms with E-state index in [1.54, 1.807) is 0 Å². The molecular weight excluding hydrogens is 831 g/mol. The zero-order valence-electron chi connectivity index (χ0n) is 34.7. The smallest absolute Gasteiger partial charge is 0.150 e. The fourth-order valence-corrected chi connectivity index (χ4v) is 14.4. The number of rotatable bonds is 13. The van der Waals surface area contributed by atoms with Gasteiger partial charge in [0.1, 0.15) is 11.5 Å². The van der Waals surface area contributed by atoms with E-state index in [1.165, 1.54) is 77.2 Å². The van der Waals surface area contributed by atoms with Gasteiger partial charge in [0.2, 0.25) is 0 Å². The first-order valence-electron chi connectivity index (χ1n) is 21.8. The van der Waals surface area contributed by atoms with Crippen LogP contribution in [0.3, 0.4) is 0 Å². The number of fused-ring (bicyclic) bond motifs is 2. The lowest BCUT2D eigenvalue weighted by Gasteiger charge is -2.32. The van der Waals surface area contributed by atoms with Gasteiger partial charge in [-0.25, -0.2) is 0 Å². The summed E-state index contributed by atoms with van der Waals surface area (Å²) in [5.74, 6) is 1.95. The predicted octanol–water partition coefficient (Wildman–Crippen LogP) is 14.3. The summed E-state index contributed by atoms with van der Waals surface area (Å²) in [7, 11) is -2.50. The molecule has 8 aromatic rings. The van der Waals surface area contributed by atoms with Crippen LogP contribution in [0.15, 0.2) is 214 Å². The Labute approximate surface area is 377 Å². The van der Waals surface area contributed by atoms with E-state index in [-0.39, 0.29) is 0 Å². The molecule has 10 rings (SSSR count). The van der Waals surface area contributed by atoms with Crippen LogP contribution in [0.1, 0.15) is 47.9 Å². The highest BCUT2D eigenvalue weighted by Crippen LogP contribution is 2.58. The SMILES string of the molecule is c1ccc(Sc2cc3c(c(-c4c5c(cc(Sc6ccccc6)c4OP(c4ccccc4)c4ccccc4)CCCC5)c2OP(c2ccccc2)c2ccccc2)CCCC3)cc1. The molecule has 0 bridgehead atoms. The van der Waals surface area contributed by atoms with E-state index in [2.05, 4.69) is 194 Å². The molecule has 0 radical (unpaired) electrons. The van der Waals surface area contributed by atoms with Gasteiger partial charge in [-0.15, -0.1) is 0 Å². The molecule has 6 heteroatoms. The van der Waals surface area contributed by atoms with E-state index in [0.717, 1.165) is 59.8 Å². The summed E-state index contributed by atoms with van der Waals surface area (Å²) >= 11 is 3.66. The van der Waals surface area contributed by atoms with Gasteiger partial charge >= 0.3 is 0 Å². The summed E-state index contributed by atoms with van der Waals surface area (Å²) in [6, 6.07) is 70.1. The van der Waals surface area contributed by atoms with Crippen LogP contribution in [-0.4, -0.2) is 0 Å². The minimum absolute atomic E-state index is 0.974. The second kappa shape index (κ2) is 19.5. The second-order valence-electron chi connectivity index (χ2n) is 15.8. The molecule has 2 aliphatic carbocycles. The Balaban J connectivity index is 1.29. The molecule has 0 fully saturated rings. The van der Waals surface area contributed by atoms with Gasteiger partial charge in [-0.3, -0.25) is 0 Å². The largest absolute Gasteiger partial charge is 0.463 e. The molecule has 2 nitrogen and oxygen atoms in total. The predicted molar refractivity (Wildman–Crippen MR) is 266 cm³/mol. The molecule has 62 heavy (non-hydrogen) atoms. The van der Waals surface area contributed by atoms with Gasteiger partial charge in [0, 0.05) is 42.1 Å². The Bertz CT molecular complexity index is 2470. The first-order chi connectivity index (χ1) is 30.8. The van der Waals surface area contributed by atoms with E-state index in [0.29, 0.717) is 0 Å². The molecule has 0 aromatic heterocycles. The molecular formula is C56H48O2P2S2. The summed E-state index contributed by atoms with van der Waals surface area (Å²) in [5.41, 5.74) is 8.18. The lowest BCUT2D eigenvalue weighted by atomic mass is 9.80. The van der Waals surface area contributed by atoms with Gasteiger partial charge in [0.25, 0.3) is 0 Å². The molecule has 0 atom stereocenters. The van der Waals surface area contributed by atoms with Crippen LogP contribution in [0, 0.1) is 0 Å². The van der Waals surface area contributed by atoms with E-state index >= 15 is 0 Å². The van der Waals surface area contributed by atoms with Crippen LogP contribution in [0.25, 0.3) is 11.1 Å². The standard InChI is InChI=1S/C56H48O2P2S2/c1-7-25-43(26-8-1)59(44-27-9-2-10-28-44)57-55-51(61-47-33-15-5-16-34-47)39-41-23-19-21-37-49(41)53(55)54-50-38-22-20-24-42(50)40-52(62-48-35-17-6-18-36-48)56(54)58-60(45-29-11-3-12-30-45)46-31-13-4-14-32-46/h1-18,25-36,39-40H,19-24,37-38H2. The monoisotopic (exact) mass is 878 g/mol. The van der Waals surface area contributed by atoms with Gasteiger partial charge < -0.3 is 9.05 Å². The van der Waals surface area contributed by atoms with Crippen molar-refractivity contribution in [3.8, 4) is 22.6 Å². The van der Waals surface area contributed by atoms with E-state index in [1.807, 2.05) is 23.5 Å². The van der Waals surface area contributed by atoms with Crippen molar-refractivity contribution in [1.82, 2.24) is 0 Å². The Hall–Kier alpha value is -5.08. The maximum atomic E-state index is 7.91. The zero-order valence-corrected chi connectivity index (χ0v) is 38.1. The van der Waals surface area contributed by atoms with E-state index in [4.69, 9.17) is 9.05 Å². The third-order valence-corrected chi connectivity index (χ3v) is 17.5. The van der Waals surface area contributed by atoms with Crippen molar-refractivity contribution in [3.05, 3.63) is 216 Å². The van der Waals surface area contributed by atoms with Crippen molar-refractivity contribution < 1.29 is 9.05 Å². The highest BCUT2D eigenvalue weighted by Gasteiger charge is 2.34. The lowest BCUT2D eigenvalue weighted by molar-refractivity contribution is 0.593. The Morgan fingerprint density at radius 2 is 0.629 bits per heavy atom. The third kappa shape index (κ3) is 9.04. The summed E-state index contributed by atoms with van der Waals surface area (Å²) < 4.78 is 15.8. The molecule has 0 spiro atoms. The summed E-state index contributed by atoms with van der Waals surface area (Å²) in [4.78, 5) is 4.73. The van der Waals surface area contributed by atoms with Crippen LogP contribution in [0.4, 0.5) is 0 Å². The maximum Gasteiger partial charge on any atom is 0.150 e. The average Bonchev–Trinajstić information content (AvgIpc) is 3.34. The summed E-state index contributed by atoms with van der Waals surface area (Å²) in [6.45, 7) is 0. The Morgan fingerprint density at radius 3 is 0.952 bits per heavy atom. The third-order valence-electron chi connectivity index (χ3n) is 11.7. The minimum Gasteiger partial charge on any atom is -0.463 e. The Morgan fingerprint density at radius 1 is 0.339 bits per heavy atom. The molecule has 306 valence electrons. The first kappa shape index (κ1) is 41.0. The fourth-order valence-electron chi connectivity index (χ4n) is 8.75. The summed E-state index contributed by atoms with van der Waals surface area (Å²) in [5, 5.41) is 4.77. The van der Waals surface area contributed by atoms with Crippen LogP contribution in [-0.2, 0) is 25.7 Å². The maximum absolute atomic E-state index is 7.91. The molecule has 2 aliphatic rings. The van der Waals surface area contributed by atoms with Gasteiger partial charge in [-0.05, 0) is 110 Å². The van der Waals surface area contributed by atoms with Crippen molar-refractivity contribution in [2.24, 2.45) is 0 Å². The van der Waals surface area contributed by atoms with Gasteiger partial charge in [-0.1, -0.05) is 181 Å². The zero-order chi connectivity index (χ0) is 41.5. The van der Waals surface area contributed by atoms with Gasteiger partial charge in [-0.2, -0.15) is 0 Å². The van der Waals surface area contributed by atoms with Crippen molar-refractivity contribution in [2.45, 2.75) is 70.9 Å². The van der Waals surface area contributed by atoms with Crippen LogP contribution in [0.5, 0.6) is 11.5 Å².